The van der Waals surface area contributed by atoms with E-state index in [4.69, 9.17) is 0 Å². The number of para-hydroxylation sites is 1. The SMILES string of the molecule is O=C(Nc1ccc2c(c1)C=C(C(=O)N1CC3N[C@@]34C1=CC(=O)c1ccccc14)C2)c1cc2ccccc2[nH]1. The summed E-state index contributed by atoms with van der Waals surface area (Å²) in [6, 6.07) is 23.1. The Morgan fingerprint density at radius 3 is 2.71 bits per heavy atom. The molecule has 7 nitrogen and oxygen atoms in total. The van der Waals surface area contributed by atoms with Gasteiger partial charge in [0.05, 0.1) is 11.7 Å². The number of H-pyrrole nitrogens is 1. The molecular formula is C31H22N4O3. The van der Waals surface area contributed by atoms with Crippen molar-refractivity contribution in [2.45, 2.75) is 18.0 Å². The highest BCUT2D eigenvalue weighted by Gasteiger charge is 2.67. The highest BCUT2D eigenvalue weighted by molar-refractivity contribution is 6.11. The quantitative estimate of drug-likeness (QED) is 0.369. The maximum absolute atomic E-state index is 13.7. The van der Waals surface area contributed by atoms with Gasteiger partial charge < -0.3 is 15.2 Å². The number of fused-ring (bicyclic) bond motifs is 3. The standard InChI is InChI=1S/C31H22N4O3/c36-26-15-28-31(23-7-3-2-6-22(23)26)27(34-31)16-35(28)30(38)20-11-17-9-10-21(13-19(17)12-20)32-29(37)25-14-18-5-1-4-8-24(18)33-25/h1-10,12-15,27,33-34H,11,16H2,(H,32,37)/t27?,31-/m1/s1. The first-order valence-electron chi connectivity index (χ1n) is 12.7. The van der Waals surface area contributed by atoms with Crippen LogP contribution in [0.4, 0.5) is 5.69 Å². The molecule has 2 fully saturated rings. The number of allylic oxidation sites excluding steroid dienone is 1. The van der Waals surface area contributed by atoms with Crippen LogP contribution >= 0.6 is 0 Å². The highest BCUT2D eigenvalue weighted by atomic mass is 16.2. The molecule has 1 aromatic heterocycles. The maximum atomic E-state index is 13.7. The van der Waals surface area contributed by atoms with Crippen LogP contribution in [0.15, 0.2) is 90.1 Å². The molecule has 3 heterocycles. The van der Waals surface area contributed by atoms with E-state index in [0.29, 0.717) is 35.5 Å². The van der Waals surface area contributed by atoms with Crippen LogP contribution in [0.25, 0.3) is 17.0 Å². The molecule has 1 spiro atoms. The van der Waals surface area contributed by atoms with Crippen LogP contribution in [0.1, 0.15) is 37.5 Å². The van der Waals surface area contributed by atoms with Crippen molar-refractivity contribution in [2.24, 2.45) is 0 Å². The molecule has 0 saturated carbocycles. The highest BCUT2D eigenvalue weighted by Crippen LogP contribution is 2.54. The zero-order valence-corrected chi connectivity index (χ0v) is 20.2. The van der Waals surface area contributed by atoms with Crippen molar-refractivity contribution in [1.29, 1.82) is 0 Å². The summed E-state index contributed by atoms with van der Waals surface area (Å²) in [5, 5.41) is 7.46. The molecule has 3 aromatic carbocycles. The fourth-order valence-corrected chi connectivity index (χ4v) is 6.31. The lowest BCUT2D eigenvalue weighted by Crippen LogP contribution is -2.37. The van der Waals surface area contributed by atoms with Crippen molar-refractivity contribution in [1.82, 2.24) is 15.2 Å². The molecule has 1 unspecified atom stereocenters. The number of ketones is 1. The van der Waals surface area contributed by atoms with Gasteiger partial charge in [-0.25, -0.2) is 0 Å². The Kier molecular flexibility index (Phi) is 4.16. The molecule has 3 N–H and O–H groups in total. The third-order valence-electron chi connectivity index (χ3n) is 8.20. The van der Waals surface area contributed by atoms with Crippen LogP contribution in [0, 0.1) is 0 Å². The molecule has 4 aromatic rings. The Balaban J connectivity index is 1.04. The van der Waals surface area contributed by atoms with Crippen molar-refractivity contribution in [3.8, 4) is 0 Å². The number of carbonyl (C=O) groups is 3. The molecule has 38 heavy (non-hydrogen) atoms. The van der Waals surface area contributed by atoms with Gasteiger partial charge in [0.2, 0.25) is 0 Å². The number of anilines is 1. The summed E-state index contributed by atoms with van der Waals surface area (Å²) < 4.78 is 0. The van der Waals surface area contributed by atoms with E-state index in [1.807, 2.05) is 78.9 Å². The lowest BCUT2D eigenvalue weighted by atomic mass is 9.83. The largest absolute Gasteiger partial charge is 0.351 e. The zero-order valence-electron chi connectivity index (χ0n) is 20.2. The van der Waals surface area contributed by atoms with Crippen LogP contribution < -0.4 is 10.6 Å². The van der Waals surface area contributed by atoms with E-state index in [9.17, 15) is 14.4 Å². The average Bonchev–Trinajstić information content (AvgIpc) is 3.25. The monoisotopic (exact) mass is 498 g/mol. The minimum absolute atomic E-state index is 0.0626. The predicted octanol–water partition coefficient (Wildman–Crippen LogP) is 4.15. The Bertz CT molecular complexity index is 1780. The van der Waals surface area contributed by atoms with Crippen molar-refractivity contribution in [3.63, 3.8) is 0 Å². The Morgan fingerprint density at radius 2 is 1.82 bits per heavy atom. The number of nitrogens with zero attached hydrogens (tertiary/aromatic N) is 1. The molecule has 8 rings (SSSR count). The normalized spacial score (nSPS) is 22.3. The number of aromatic nitrogens is 1. The number of benzene rings is 3. The van der Waals surface area contributed by atoms with Crippen LogP contribution in [-0.4, -0.2) is 40.1 Å². The van der Waals surface area contributed by atoms with Crippen LogP contribution in [0.2, 0.25) is 0 Å². The molecule has 0 radical (unpaired) electrons. The van der Waals surface area contributed by atoms with E-state index in [1.54, 1.807) is 11.0 Å². The first-order valence-corrected chi connectivity index (χ1v) is 12.7. The van der Waals surface area contributed by atoms with Crippen molar-refractivity contribution >= 4 is 40.3 Å². The lowest BCUT2D eigenvalue weighted by Gasteiger charge is -2.29. The zero-order chi connectivity index (χ0) is 25.6. The van der Waals surface area contributed by atoms with Crippen LogP contribution in [-0.2, 0) is 16.8 Å². The van der Waals surface area contributed by atoms with E-state index in [0.717, 1.165) is 33.3 Å². The lowest BCUT2D eigenvalue weighted by molar-refractivity contribution is -0.125. The van der Waals surface area contributed by atoms with Gasteiger partial charge in [-0.05, 0) is 47.0 Å². The minimum atomic E-state index is -0.438. The number of rotatable bonds is 3. The number of amides is 2. The second-order valence-electron chi connectivity index (χ2n) is 10.3. The second-order valence-corrected chi connectivity index (χ2v) is 10.3. The molecule has 2 amide bonds. The molecule has 2 aliphatic carbocycles. The smallest absolute Gasteiger partial charge is 0.272 e. The summed E-state index contributed by atoms with van der Waals surface area (Å²) in [6.45, 7) is 0.534. The van der Waals surface area contributed by atoms with E-state index in [1.165, 1.54) is 0 Å². The molecular weight excluding hydrogens is 476 g/mol. The van der Waals surface area contributed by atoms with Gasteiger partial charge in [-0.3, -0.25) is 19.7 Å². The maximum Gasteiger partial charge on any atom is 0.272 e. The van der Waals surface area contributed by atoms with Gasteiger partial charge in [-0.15, -0.1) is 0 Å². The Morgan fingerprint density at radius 1 is 0.974 bits per heavy atom. The summed E-state index contributed by atoms with van der Waals surface area (Å²) in [4.78, 5) is 44.3. The number of hydrogen-bond acceptors (Lipinski definition) is 4. The fraction of sp³-hybridized carbons (Fsp3) is 0.129. The van der Waals surface area contributed by atoms with Crippen LogP contribution in [0.5, 0.6) is 0 Å². The van der Waals surface area contributed by atoms with E-state index in [2.05, 4.69) is 15.6 Å². The number of likely N-dealkylation sites (tertiary alicyclic amines) is 1. The topological polar surface area (TPSA) is 104 Å². The number of piperazine rings is 1. The first-order chi connectivity index (χ1) is 18.5. The van der Waals surface area contributed by atoms with E-state index >= 15 is 0 Å². The Hall–Kier alpha value is -4.75. The number of nitrogens with one attached hydrogen (secondary N) is 3. The summed E-state index contributed by atoms with van der Waals surface area (Å²) in [5.41, 5.74) is 6.68. The Labute approximate surface area is 217 Å². The van der Waals surface area contributed by atoms with Gasteiger partial charge in [0.1, 0.15) is 11.2 Å². The summed E-state index contributed by atoms with van der Waals surface area (Å²) in [6.07, 6.45) is 4.05. The molecule has 2 atom stereocenters. The van der Waals surface area contributed by atoms with Crippen molar-refractivity contribution in [2.75, 3.05) is 11.9 Å². The van der Waals surface area contributed by atoms with E-state index < -0.39 is 5.54 Å². The predicted molar refractivity (Wildman–Crippen MR) is 144 cm³/mol. The number of carbonyl (C=O) groups excluding carboxylic acids is 3. The minimum Gasteiger partial charge on any atom is -0.351 e. The second kappa shape index (κ2) is 7.40. The summed E-state index contributed by atoms with van der Waals surface area (Å²) in [7, 11) is 0. The molecule has 184 valence electrons. The fourth-order valence-electron chi connectivity index (χ4n) is 6.31. The third-order valence-corrected chi connectivity index (χ3v) is 8.20. The first kappa shape index (κ1) is 21.3. The van der Waals surface area contributed by atoms with Gasteiger partial charge in [-0.1, -0.05) is 48.5 Å². The summed E-state index contributed by atoms with van der Waals surface area (Å²) in [5.74, 6) is -0.355. The van der Waals surface area contributed by atoms with Crippen LogP contribution in [0.3, 0.4) is 0 Å². The molecule has 2 saturated heterocycles. The number of hydrogen-bond donors (Lipinski definition) is 3. The van der Waals surface area contributed by atoms with Gasteiger partial charge in [0, 0.05) is 46.8 Å². The van der Waals surface area contributed by atoms with Gasteiger partial charge >= 0.3 is 0 Å². The van der Waals surface area contributed by atoms with E-state index in [-0.39, 0.29) is 23.6 Å². The van der Waals surface area contributed by atoms with Crippen molar-refractivity contribution < 1.29 is 14.4 Å². The van der Waals surface area contributed by atoms with Gasteiger partial charge in [-0.2, -0.15) is 0 Å². The third kappa shape index (κ3) is 2.90. The molecule has 4 aliphatic rings. The van der Waals surface area contributed by atoms with Gasteiger partial charge in [0.15, 0.2) is 5.78 Å². The number of aromatic amines is 1. The average molecular weight is 499 g/mol. The molecule has 7 heteroatoms. The molecule has 2 aliphatic heterocycles. The molecule has 0 bridgehead atoms. The van der Waals surface area contributed by atoms with Crippen molar-refractivity contribution in [3.05, 3.63) is 118 Å². The summed E-state index contributed by atoms with van der Waals surface area (Å²) >= 11 is 0. The van der Waals surface area contributed by atoms with Gasteiger partial charge in [0.25, 0.3) is 11.8 Å².